The molecule has 0 aliphatic carbocycles. The summed E-state index contributed by atoms with van der Waals surface area (Å²) in [5.41, 5.74) is 5.26. The number of aldehydes is 1. The van der Waals surface area contributed by atoms with Crippen molar-refractivity contribution in [3.05, 3.63) is 52.6 Å². The van der Waals surface area contributed by atoms with E-state index in [-0.39, 0.29) is 11.8 Å². The number of hydrogen-bond acceptors (Lipinski definition) is 5. The van der Waals surface area contributed by atoms with Crippen molar-refractivity contribution in [2.24, 2.45) is 4.99 Å². The van der Waals surface area contributed by atoms with Gasteiger partial charge >= 0.3 is 0 Å². The summed E-state index contributed by atoms with van der Waals surface area (Å²) < 4.78 is 11.2. The summed E-state index contributed by atoms with van der Waals surface area (Å²) in [7, 11) is 3.23. The van der Waals surface area contributed by atoms with Crippen molar-refractivity contribution in [1.29, 1.82) is 0 Å². The third kappa shape index (κ3) is 2.93. The number of ether oxygens (including phenoxy) is 2. The molecule has 0 amide bonds. The molecule has 5 heteroatoms. The van der Waals surface area contributed by atoms with Crippen LogP contribution in [0.5, 0.6) is 17.2 Å². The van der Waals surface area contributed by atoms with Gasteiger partial charge in [-0.1, -0.05) is 12.1 Å². The molecule has 1 unspecified atom stereocenters. The fourth-order valence-electron chi connectivity index (χ4n) is 4.68. The highest BCUT2D eigenvalue weighted by atomic mass is 16.5. The molecule has 0 radical (unpaired) electrons. The maximum Gasteiger partial charge on any atom is 0.151 e. The minimum absolute atomic E-state index is 0.0927. The minimum atomic E-state index is 0.0927. The van der Waals surface area contributed by atoms with E-state index in [4.69, 9.17) is 9.47 Å². The van der Waals surface area contributed by atoms with E-state index in [0.717, 1.165) is 45.0 Å². The predicted molar refractivity (Wildman–Crippen MR) is 120 cm³/mol. The topological polar surface area (TPSA) is 68.1 Å². The average Bonchev–Trinajstić information content (AvgIpc) is 2.72. The number of hydrogen-bond donors (Lipinski definition) is 1. The summed E-state index contributed by atoms with van der Waals surface area (Å²) in [5.74, 6) is 1.44. The van der Waals surface area contributed by atoms with Gasteiger partial charge in [-0.25, -0.2) is 0 Å². The first kappa shape index (κ1) is 20.0. The number of aliphatic imine (C=N–C) groups is 1. The molecule has 1 aliphatic rings. The van der Waals surface area contributed by atoms with Gasteiger partial charge in [0.25, 0.3) is 0 Å². The SMILES string of the molecule is COc1cccc2c(-c3c(O)cc4c(c3C=O)C(C)=NC(C)C4)c(C)cc(OC)c12. The third-order valence-electron chi connectivity index (χ3n) is 5.81. The Morgan fingerprint density at radius 2 is 1.80 bits per heavy atom. The Morgan fingerprint density at radius 3 is 2.47 bits per heavy atom. The predicted octanol–water partition coefficient (Wildman–Crippen LogP) is 5.10. The van der Waals surface area contributed by atoms with Gasteiger partial charge in [-0.2, -0.15) is 0 Å². The molecule has 0 saturated heterocycles. The van der Waals surface area contributed by atoms with Crippen molar-refractivity contribution in [2.75, 3.05) is 14.2 Å². The number of nitrogens with zero attached hydrogens (tertiary/aromatic N) is 1. The number of aryl methyl sites for hydroxylation is 1. The van der Waals surface area contributed by atoms with Crippen LogP contribution in [0.4, 0.5) is 0 Å². The standard InChI is InChI=1S/C25H25NO4/c1-13-9-21(30-5)25-17(7-6-8-20(25)29-4)22(13)24-18(12-27)23-15(3)26-14(2)10-16(23)11-19(24)28/h6-9,11-12,14,28H,10H2,1-5H3. The van der Waals surface area contributed by atoms with Crippen molar-refractivity contribution >= 4 is 22.8 Å². The molecule has 0 bridgehead atoms. The number of benzene rings is 3. The Hall–Kier alpha value is -3.34. The molecule has 0 spiro atoms. The smallest absolute Gasteiger partial charge is 0.151 e. The van der Waals surface area contributed by atoms with Gasteiger partial charge in [-0.15, -0.1) is 0 Å². The van der Waals surface area contributed by atoms with E-state index >= 15 is 0 Å². The second-order valence-electron chi connectivity index (χ2n) is 7.76. The number of fused-ring (bicyclic) bond motifs is 2. The first-order valence-electron chi connectivity index (χ1n) is 9.94. The highest BCUT2D eigenvalue weighted by Crippen LogP contribution is 2.46. The molecule has 3 aromatic carbocycles. The van der Waals surface area contributed by atoms with E-state index in [1.54, 1.807) is 20.3 Å². The summed E-state index contributed by atoms with van der Waals surface area (Å²) >= 11 is 0. The molecule has 0 aromatic heterocycles. The monoisotopic (exact) mass is 403 g/mol. The van der Waals surface area contributed by atoms with Crippen molar-refractivity contribution in [2.45, 2.75) is 33.2 Å². The van der Waals surface area contributed by atoms with Gasteiger partial charge in [0.2, 0.25) is 0 Å². The lowest BCUT2D eigenvalue weighted by Crippen LogP contribution is -2.19. The summed E-state index contributed by atoms with van der Waals surface area (Å²) in [6.45, 7) is 5.91. The van der Waals surface area contributed by atoms with Crippen molar-refractivity contribution < 1.29 is 19.4 Å². The number of carbonyl (C=O) groups is 1. The maximum absolute atomic E-state index is 12.3. The lowest BCUT2D eigenvalue weighted by Gasteiger charge is -2.25. The van der Waals surface area contributed by atoms with Crippen molar-refractivity contribution in [3.8, 4) is 28.4 Å². The van der Waals surface area contributed by atoms with Gasteiger partial charge in [-0.05, 0) is 67.5 Å². The number of carbonyl (C=O) groups excluding carboxylic acids is 1. The molecular formula is C25H25NO4. The fourth-order valence-corrected chi connectivity index (χ4v) is 4.68. The number of aromatic hydroxyl groups is 1. The van der Waals surface area contributed by atoms with Crippen LogP contribution in [0.25, 0.3) is 21.9 Å². The van der Waals surface area contributed by atoms with E-state index in [2.05, 4.69) is 4.99 Å². The summed E-state index contributed by atoms with van der Waals surface area (Å²) in [4.78, 5) is 17.0. The van der Waals surface area contributed by atoms with E-state index in [1.807, 2.05) is 45.0 Å². The number of phenols is 1. The quantitative estimate of drug-likeness (QED) is 0.615. The summed E-state index contributed by atoms with van der Waals surface area (Å²) in [5, 5.41) is 12.7. The molecular weight excluding hydrogens is 378 g/mol. The normalized spacial score (nSPS) is 15.5. The van der Waals surface area contributed by atoms with Crippen LogP contribution in [-0.4, -0.2) is 37.4 Å². The van der Waals surface area contributed by atoms with E-state index in [0.29, 0.717) is 29.0 Å². The van der Waals surface area contributed by atoms with Crippen LogP contribution in [0.2, 0.25) is 0 Å². The average molecular weight is 403 g/mol. The number of methoxy groups -OCH3 is 2. The van der Waals surface area contributed by atoms with Gasteiger partial charge in [0.15, 0.2) is 6.29 Å². The highest BCUT2D eigenvalue weighted by molar-refractivity contribution is 6.14. The van der Waals surface area contributed by atoms with Gasteiger partial charge in [0, 0.05) is 22.4 Å². The van der Waals surface area contributed by atoms with Crippen LogP contribution in [0, 0.1) is 6.92 Å². The minimum Gasteiger partial charge on any atom is -0.507 e. The van der Waals surface area contributed by atoms with Crippen LogP contribution in [0.1, 0.15) is 40.9 Å². The Kier molecular flexibility index (Phi) is 4.98. The largest absolute Gasteiger partial charge is 0.507 e. The molecule has 154 valence electrons. The molecule has 3 aromatic rings. The number of phenolic OH excluding ortho intramolecular Hbond substituents is 1. The van der Waals surface area contributed by atoms with Crippen molar-refractivity contribution in [1.82, 2.24) is 0 Å². The highest BCUT2D eigenvalue weighted by Gasteiger charge is 2.27. The van der Waals surface area contributed by atoms with Crippen LogP contribution >= 0.6 is 0 Å². The Morgan fingerprint density at radius 1 is 1.07 bits per heavy atom. The maximum atomic E-state index is 12.3. The molecule has 1 atom stereocenters. The zero-order chi connectivity index (χ0) is 21.6. The molecule has 5 nitrogen and oxygen atoms in total. The Bertz CT molecular complexity index is 1210. The molecule has 1 N–H and O–H groups in total. The van der Waals surface area contributed by atoms with Crippen molar-refractivity contribution in [3.63, 3.8) is 0 Å². The first-order chi connectivity index (χ1) is 14.4. The third-order valence-corrected chi connectivity index (χ3v) is 5.81. The lowest BCUT2D eigenvalue weighted by molar-refractivity contribution is 0.112. The molecule has 0 saturated carbocycles. The van der Waals surface area contributed by atoms with Gasteiger partial charge < -0.3 is 14.6 Å². The fraction of sp³-hybridized carbons (Fsp3) is 0.280. The molecule has 4 rings (SSSR count). The summed E-state index contributed by atoms with van der Waals surface area (Å²) in [6.07, 6.45) is 1.52. The Labute approximate surface area is 176 Å². The van der Waals surface area contributed by atoms with Gasteiger partial charge in [-0.3, -0.25) is 9.79 Å². The zero-order valence-electron chi connectivity index (χ0n) is 17.9. The Balaban J connectivity index is 2.16. The first-order valence-corrected chi connectivity index (χ1v) is 9.94. The lowest BCUT2D eigenvalue weighted by atomic mass is 9.83. The second-order valence-corrected chi connectivity index (χ2v) is 7.76. The van der Waals surface area contributed by atoms with E-state index in [1.165, 1.54) is 0 Å². The van der Waals surface area contributed by atoms with Crippen LogP contribution in [-0.2, 0) is 6.42 Å². The van der Waals surface area contributed by atoms with Gasteiger partial charge in [0.05, 0.1) is 25.6 Å². The summed E-state index contributed by atoms with van der Waals surface area (Å²) in [6, 6.07) is 9.54. The van der Waals surface area contributed by atoms with Crippen LogP contribution in [0.15, 0.2) is 35.3 Å². The van der Waals surface area contributed by atoms with Crippen LogP contribution < -0.4 is 9.47 Å². The second kappa shape index (κ2) is 7.48. The van der Waals surface area contributed by atoms with E-state index in [9.17, 15) is 9.90 Å². The number of rotatable bonds is 4. The van der Waals surface area contributed by atoms with E-state index < -0.39 is 0 Å². The zero-order valence-corrected chi connectivity index (χ0v) is 17.9. The molecule has 1 heterocycles. The molecule has 0 fully saturated rings. The molecule has 1 aliphatic heterocycles. The van der Waals surface area contributed by atoms with Crippen LogP contribution in [0.3, 0.4) is 0 Å². The van der Waals surface area contributed by atoms with Gasteiger partial charge in [0.1, 0.15) is 17.2 Å². The molecule has 30 heavy (non-hydrogen) atoms.